The Hall–Kier alpha value is -3.07. The van der Waals surface area contributed by atoms with E-state index in [1.54, 1.807) is 30.5 Å². The number of nitrogens with zero attached hydrogens (tertiary/aromatic N) is 3. The molecular formula is C22H22FN3O4S. The summed E-state index contributed by atoms with van der Waals surface area (Å²) in [5, 5.41) is 0.455. The average Bonchev–Trinajstić information content (AvgIpc) is 3.34. The number of hydrogen-bond donors (Lipinski definition) is 0. The second-order valence-corrected chi connectivity index (χ2v) is 8.42. The zero-order chi connectivity index (χ0) is 22.1. The van der Waals surface area contributed by atoms with Crippen molar-refractivity contribution in [3.8, 4) is 0 Å². The summed E-state index contributed by atoms with van der Waals surface area (Å²) in [5.74, 6) is -0.559. The largest absolute Gasteiger partial charge is 0.465 e. The predicted molar refractivity (Wildman–Crippen MR) is 115 cm³/mol. The van der Waals surface area contributed by atoms with Crippen LogP contribution in [-0.4, -0.2) is 39.5 Å². The van der Waals surface area contributed by atoms with Crippen LogP contribution in [0.15, 0.2) is 29.1 Å². The Balaban J connectivity index is 1.71. The van der Waals surface area contributed by atoms with E-state index in [1.165, 1.54) is 28.4 Å². The molecule has 1 aromatic carbocycles. The highest BCUT2D eigenvalue weighted by Crippen LogP contribution is 2.30. The molecule has 0 N–H and O–H groups in total. The standard InChI is InChI=1S/C22H22FN3O4S/c1-3-30-17(27)12-25(11-14-6-8-15(23)9-7-14)22(29)19-13(2)18-20(31-19)24-16-5-4-10-26(16)21(18)28/h6-9H,3-5,10-12H2,1-2H3. The van der Waals surface area contributed by atoms with Gasteiger partial charge in [-0.05, 0) is 43.5 Å². The lowest BCUT2D eigenvalue weighted by Gasteiger charge is -2.21. The Bertz CT molecular complexity index is 1220. The van der Waals surface area contributed by atoms with E-state index < -0.39 is 5.97 Å². The second-order valence-electron chi connectivity index (χ2n) is 7.42. The summed E-state index contributed by atoms with van der Waals surface area (Å²) in [6.07, 6.45) is 1.63. The van der Waals surface area contributed by atoms with Crippen molar-refractivity contribution in [2.45, 2.75) is 39.8 Å². The molecule has 3 aromatic rings. The fraction of sp³-hybridized carbons (Fsp3) is 0.364. The van der Waals surface area contributed by atoms with Crippen LogP contribution in [0.5, 0.6) is 0 Å². The average molecular weight is 444 g/mol. The Morgan fingerprint density at radius 2 is 2.03 bits per heavy atom. The van der Waals surface area contributed by atoms with Crippen LogP contribution in [-0.2, 0) is 29.0 Å². The highest BCUT2D eigenvalue weighted by Gasteiger charge is 2.27. The van der Waals surface area contributed by atoms with Crippen LogP contribution in [0.1, 0.15) is 40.0 Å². The summed E-state index contributed by atoms with van der Waals surface area (Å²) in [4.78, 5) is 45.4. The van der Waals surface area contributed by atoms with Crippen LogP contribution >= 0.6 is 11.3 Å². The maximum atomic E-state index is 13.4. The number of thiophene rings is 1. The summed E-state index contributed by atoms with van der Waals surface area (Å²) >= 11 is 1.17. The van der Waals surface area contributed by atoms with E-state index in [0.717, 1.165) is 18.7 Å². The van der Waals surface area contributed by atoms with Gasteiger partial charge in [-0.15, -0.1) is 11.3 Å². The third-order valence-corrected chi connectivity index (χ3v) is 6.48. The summed E-state index contributed by atoms with van der Waals surface area (Å²) < 4.78 is 20.0. The summed E-state index contributed by atoms with van der Waals surface area (Å²) in [6, 6.07) is 5.74. The Kier molecular flexibility index (Phi) is 5.86. The number of carbonyl (C=O) groups excluding carboxylic acids is 2. The van der Waals surface area contributed by atoms with Gasteiger partial charge in [-0.3, -0.25) is 19.0 Å². The van der Waals surface area contributed by atoms with Gasteiger partial charge in [0.15, 0.2) is 0 Å². The Morgan fingerprint density at radius 1 is 1.29 bits per heavy atom. The monoisotopic (exact) mass is 443 g/mol. The Labute approximate surface area is 182 Å². The molecule has 3 heterocycles. The van der Waals surface area contributed by atoms with Crippen LogP contribution in [0.3, 0.4) is 0 Å². The molecule has 162 valence electrons. The quantitative estimate of drug-likeness (QED) is 0.547. The number of fused-ring (bicyclic) bond motifs is 2. The van der Waals surface area contributed by atoms with Gasteiger partial charge in [0.25, 0.3) is 11.5 Å². The van der Waals surface area contributed by atoms with Gasteiger partial charge in [-0.25, -0.2) is 9.37 Å². The molecule has 31 heavy (non-hydrogen) atoms. The third-order valence-electron chi connectivity index (χ3n) is 5.30. The van der Waals surface area contributed by atoms with Gasteiger partial charge < -0.3 is 9.64 Å². The van der Waals surface area contributed by atoms with E-state index >= 15 is 0 Å². The van der Waals surface area contributed by atoms with Crippen LogP contribution in [0.2, 0.25) is 0 Å². The minimum atomic E-state index is -0.533. The van der Waals surface area contributed by atoms with Crippen molar-refractivity contribution < 1.29 is 18.7 Å². The third kappa shape index (κ3) is 4.10. The smallest absolute Gasteiger partial charge is 0.325 e. The van der Waals surface area contributed by atoms with Gasteiger partial charge in [0.2, 0.25) is 0 Å². The number of ether oxygens (including phenoxy) is 1. The van der Waals surface area contributed by atoms with Gasteiger partial charge in [-0.1, -0.05) is 12.1 Å². The van der Waals surface area contributed by atoms with Gasteiger partial charge in [0.05, 0.1) is 16.9 Å². The van der Waals surface area contributed by atoms with Crippen molar-refractivity contribution >= 4 is 33.4 Å². The number of amides is 1. The molecule has 0 saturated carbocycles. The number of halogens is 1. The van der Waals surface area contributed by atoms with Crippen molar-refractivity contribution in [2.75, 3.05) is 13.2 Å². The molecule has 9 heteroatoms. The molecule has 1 aliphatic heterocycles. The molecule has 1 aliphatic rings. The first kappa shape index (κ1) is 21.2. The summed E-state index contributed by atoms with van der Waals surface area (Å²) in [7, 11) is 0. The van der Waals surface area contributed by atoms with Crippen LogP contribution in [0.25, 0.3) is 10.2 Å². The number of aryl methyl sites for hydroxylation is 2. The number of aromatic nitrogens is 2. The lowest BCUT2D eigenvalue weighted by molar-refractivity contribution is -0.143. The van der Waals surface area contributed by atoms with Crippen molar-refractivity contribution in [1.82, 2.24) is 14.5 Å². The SMILES string of the molecule is CCOC(=O)CN(Cc1ccc(F)cc1)C(=O)c1sc2nc3n(c(=O)c2c1C)CCC3. The fourth-order valence-electron chi connectivity index (χ4n) is 3.80. The Morgan fingerprint density at radius 3 is 2.74 bits per heavy atom. The molecule has 0 spiro atoms. The topological polar surface area (TPSA) is 81.5 Å². The van der Waals surface area contributed by atoms with E-state index in [4.69, 9.17) is 4.74 Å². The molecule has 1 amide bonds. The first-order valence-corrected chi connectivity index (χ1v) is 10.9. The van der Waals surface area contributed by atoms with Crippen LogP contribution in [0.4, 0.5) is 4.39 Å². The van der Waals surface area contributed by atoms with E-state index in [1.807, 2.05) is 0 Å². The summed E-state index contributed by atoms with van der Waals surface area (Å²) in [5.41, 5.74) is 1.12. The minimum Gasteiger partial charge on any atom is -0.465 e. The maximum Gasteiger partial charge on any atom is 0.325 e. The number of rotatable bonds is 6. The lowest BCUT2D eigenvalue weighted by atomic mass is 10.1. The predicted octanol–water partition coefficient (Wildman–Crippen LogP) is 3.06. The van der Waals surface area contributed by atoms with E-state index in [0.29, 0.717) is 32.8 Å². The first-order valence-electron chi connectivity index (χ1n) is 10.1. The van der Waals surface area contributed by atoms with Crippen LogP contribution in [0, 0.1) is 12.7 Å². The van der Waals surface area contributed by atoms with Crippen LogP contribution < -0.4 is 5.56 Å². The van der Waals surface area contributed by atoms with E-state index in [-0.39, 0.29) is 37.0 Å². The maximum absolute atomic E-state index is 13.4. The van der Waals surface area contributed by atoms with Gasteiger partial charge in [0, 0.05) is 19.5 Å². The molecule has 0 fully saturated rings. The van der Waals surface area contributed by atoms with E-state index in [9.17, 15) is 18.8 Å². The van der Waals surface area contributed by atoms with Crippen molar-refractivity contribution in [3.63, 3.8) is 0 Å². The van der Waals surface area contributed by atoms with Gasteiger partial charge in [0.1, 0.15) is 23.0 Å². The molecule has 4 rings (SSSR count). The molecule has 7 nitrogen and oxygen atoms in total. The number of esters is 1. The number of hydrogen-bond acceptors (Lipinski definition) is 6. The normalized spacial score (nSPS) is 12.7. The molecule has 0 atom stereocenters. The minimum absolute atomic E-state index is 0.106. The van der Waals surface area contributed by atoms with Gasteiger partial charge >= 0.3 is 5.97 Å². The molecule has 0 bridgehead atoms. The van der Waals surface area contributed by atoms with Crippen molar-refractivity contribution in [2.24, 2.45) is 0 Å². The number of carbonyl (C=O) groups is 2. The van der Waals surface area contributed by atoms with Gasteiger partial charge in [-0.2, -0.15) is 0 Å². The lowest BCUT2D eigenvalue weighted by Crippen LogP contribution is -2.36. The zero-order valence-electron chi connectivity index (χ0n) is 17.3. The van der Waals surface area contributed by atoms with Crippen molar-refractivity contribution in [1.29, 1.82) is 0 Å². The zero-order valence-corrected chi connectivity index (χ0v) is 18.1. The van der Waals surface area contributed by atoms with E-state index in [2.05, 4.69) is 4.98 Å². The highest BCUT2D eigenvalue weighted by molar-refractivity contribution is 7.20. The molecule has 0 radical (unpaired) electrons. The molecule has 2 aromatic heterocycles. The molecule has 0 saturated heterocycles. The number of benzene rings is 1. The first-order chi connectivity index (χ1) is 14.9. The summed E-state index contributed by atoms with van der Waals surface area (Å²) in [6.45, 7) is 4.12. The molecule has 0 unspecified atom stereocenters. The fourth-order valence-corrected chi connectivity index (χ4v) is 4.95. The van der Waals surface area contributed by atoms with Crippen molar-refractivity contribution in [3.05, 3.63) is 62.3 Å². The second kappa shape index (κ2) is 8.58. The highest BCUT2D eigenvalue weighted by atomic mass is 32.1. The molecular weight excluding hydrogens is 421 g/mol. The molecule has 0 aliphatic carbocycles.